The lowest BCUT2D eigenvalue weighted by molar-refractivity contribution is 0.667. The Balaban J connectivity index is 2.22. The first-order valence-electron chi connectivity index (χ1n) is 3.06. The van der Waals surface area contributed by atoms with Crippen LogP contribution in [0, 0.1) is 23.7 Å². The molecule has 1 heteroatoms. The van der Waals surface area contributed by atoms with Gasteiger partial charge in [-0.1, -0.05) is 5.92 Å². The van der Waals surface area contributed by atoms with Crippen LogP contribution >= 0.6 is 0 Å². The lowest BCUT2D eigenvalue weighted by Gasteiger charge is -1.97. The smallest absolute Gasteiger partial charge is 0.0480 e. The summed E-state index contributed by atoms with van der Waals surface area (Å²) in [4.78, 5) is 0. The lowest BCUT2D eigenvalue weighted by Crippen LogP contribution is -2.14. The zero-order valence-corrected chi connectivity index (χ0v) is 4.78. The van der Waals surface area contributed by atoms with Gasteiger partial charge in [0.1, 0.15) is 0 Å². The van der Waals surface area contributed by atoms with Crippen molar-refractivity contribution in [3.8, 4) is 12.3 Å². The van der Waals surface area contributed by atoms with Gasteiger partial charge in [-0.25, -0.2) is 0 Å². The van der Waals surface area contributed by atoms with E-state index in [0.29, 0.717) is 5.41 Å². The largest absolute Gasteiger partial charge is 0.315 e. The topological polar surface area (TPSA) is 12.0 Å². The molecule has 2 fully saturated rings. The summed E-state index contributed by atoms with van der Waals surface area (Å²) in [6.45, 7) is 2.22. The molecular formula is C7H9N. The van der Waals surface area contributed by atoms with Crippen molar-refractivity contribution in [3.63, 3.8) is 0 Å². The Morgan fingerprint density at radius 2 is 2.62 bits per heavy atom. The first kappa shape index (κ1) is 4.40. The van der Waals surface area contributed by atoms with Crippen molar-refractivity contribution in [1.82, 2.24) is 5.32 Å². The molecule has 1 N–H and O–H groups in total. The summed E-state index contributed by atoms with van der Waals surface area (Å²) in [5.74, 6) is 3.68. The molecule has 8 heavy (non-hydrogen) atoms. The zero-order chi connectivity index (χ0) is 5.61. The van der Waals surface area contributed by atoms with Crippen molar-refractivity contribution < 1.29 is 0 Å². The second kappa shape index (κ2) is 1.09. The molecule has 0 bridgehead atoms. The summed E-state index contributed by atoms with van der Waals surface area (Å²) in [5.41, 5.74) is 0.319. The summed E-state index contributed by atoms with van der Waals surface area (Å²) in [6.07, 6.45) is 6.59. The highest BCUT2D eigenvalue weighted by Gasteiger charge is 2.55. The molecule has 1 saturated carbocycles. The minimum absolute atomic E-state index is 0.319. The lowest BCUT2D eigenvalue weighted by atomic mass is 10.1. The van der Waals surface area contributed by atoms with E-state index in [1.807, 2.05) is 0 Å². The van der Waals surface area contributed by atoms with E-state index in [1.54, 1.807) is 0 Å². The number of piperidine rings is 1. The van der Waals surface area contributed by atoms with Crippen molar-refractivity contribution in [2.45, 2.75) is 6.42 Å². The summed E-state index contributed by atoms with van der Waals surface area (Å²) in [5, 5.41) is 3.27. The number of nitrogens with one attached hydrogen (secondary N) is 1. The van der Waals surface area contributed by atoms with E-state index in [-0.39, 0.29) is 0 Å². The van der Waals surface area contributed by atoms with Crippen LogP contribution in [0.5, 0.6) is 0 Å². The predicted molar refractivity (Wildman–Crippen MR) is 32.2 cm³/mol. The highest BCUT2D eigenvalue weighted by molar-refractivity contribution is 5.24. The number of fused-ring (bicyclic) bond motifs is 1. The molecule has 0 aromatic rings. The second-order valence-corrected chi connectivity index (χ2v) is 2.83. The number of hydrogen-bond donors (Lipinski definition) is 1. The number of terminal acetylenes is 1. The first-order chi connectivity index (χ1) is 3.87. The fourth-order valence-electron chi connectivity index (χ4n) is 1.56. The Bertz CT molecular complexity index is 156. The van der Waals surface area contributed by atoms with E-state index in [4.69, 9.17) is 6.42 Å². The van der Waals surface area contributed by atoms with E-state index >= 15 is 0 Å². The van der Waals surface area contributed by atoms with Crippen molar-refractivity contribution in [2.75, 3.05) is 13.1 Å². The highest BCUT2D eigenvalue weighted by atomic mass is 15.0. The molecule has 2 atom stereocenters. The summed E-state index contributed by atoms with van der Waals surface area (Å²) < 4.78 is 0. The van der Waals surface area contributed by atoms with Crippen LogP contribution in [-0.2, 0) is 0 Å². The van der Waals surface area contributed by atoms with Crippen LogP contribution in [0.2, 0.25) is 0 Å². The normalized spacial score (nSPS) is 50.1. The summed E-state index contributed by atoms with van der Waals surface area (Å²) in [6, 6.07) is 0. The summed E-state index contributed by atoms with van der Waals surface area (Å²) in [7, 11) is 0. The van der Waals surface area contributed by atoms with Gasteiger partial charge in [0.15, 0.2) is 0 Å². The standard InChI is InChI=1S/C7H9N/c1-2-7-3-6(7)4-8-5-7/h1,6,8H,3-5H2. The Hall–Kier alpha value is -0.480. The van der Waals surface area contributed by atoms with Gasteiger partial charge in [-0.2, -0.15) is 0 Å². The molecule has 0 spiro atoms. The average molecular weight is 107 g/mol. The van der Waals surface area contributed by atoms with Crippen LogP contribution in [0.4, 0.5) is 0 Å². The zero-order valence-electron chi connectivity index (χ0n) is 4.78. The maximum absolute atomic E-state index is 5.32. The van der Waals surface area contributed by atoms with Gasteiger partial charge in [0.2, 0.25) is 0 Å². The second-order valence-electron chi connectivity index (χ2n) is 2.83. The van der Waals surface area contributed by atoms with Crippen molar-refractivity contribution in [1.29, 1.82) is 0 Å². The SMILES string of the molecule is C#CC12CNCC1C2. The van der Waals surface area contributed by atoms with Gasteiger partial charge in [0.25, 0.3) is 0 Å². The fourth-order valence-corrected chi connectivity index (χ4v) is 1.56. The summed E-state index contributed by atoms with van der Waals surface area (Å²) >= 11 is 0. The molecule has 1 saturated heterocycles. The Morgan fingerprint density at radius 1 is 1.75 bits per heavy atom. The molecule has 0 aromatic carbocycles. The monoisotopic (exact) mass is 107 g/mol. The quantitative estimate of drug-likeness (QED) is 0.437. The molecule has 1 heterocycles. The van der Waals surface area contributed by atoms with Gasteiger partial charge < -0.3 is 5.32 Å². The maximum Gasteiger partial charge on any atom is 0.0480 e. The number of hydrogen-bond acceptors (Lipinski definition) is 1. The van der Waals surface area contributed by atoms with Crippen LogP contribution < -0.4 is 5.32 Å². The third kappa shape index (κ3) is 0.329. The van der Waals surface area contributed by atoms with E-state index in [2.05, 4.69) is 11.2 Å². The van der Waals surface area contributed by atoms with E-state index < -0.39 is 0 Å². The molecule has 1 nitrogen and oxygen atoms in total. The van der Waals surface area contributed by atoms with Crippen LogP contribution in [0.25, 0.3) is 0 Å². The minimum atomic E-state index is 0.319. The van der Waals surface area contributed by atoms with Crippen LogP contribution in [-0.4, -0.2) is 13.1 Å². The minimum Gasteiger partial charge on any atom is -0.315 e. The van der Waals surface area contributed by atoms with Gasteiger partial charge in [0, 0.05) is 12.0 Å². The molecule has 42 valence electrons. The third-order valence-corrected chi connectivity index (χ3v) is 2.35. The van der Waals surface area contributed by atoms with Gasteiger partial charge in [0.05, 0.1) is 0 Å². The Kier molecular flexibility index (Phi) is 0.598. The van der Waals surface area contributed by atoms with E-state index in [9.17, 15) is 0 Å². The predicted octanol–water partition coefficient (Wildman–Crippen LogP) is 0.229. The van der Waals surface area contributed by atoms with Crippen molar-refractivity contribution in [2.24, 2.45) is 11.3 Å². The van der Waals surface area contributed by atoms with Gasteiger partial charge in [-0.05, 0) is 18.9 Å². The molecule has 1 aliphatic carbocycles. The van der Waals surface area contributed by atoms with Crippen LogP contribution in [0.1, 0.15) is 6.42 Å². The highest BCUT2D eigenvalue weighted by Crippen LogP contribution is 2.54. The molecule has 1 aliphatic heterocycles. The fraction of sp³-hybridized carbons (Fsp3) is 0.714. The average Bonchev–Trinajstić information content (AvgIpc) is 2.38. The van der Waals surface area contributed by atoms with Crippen LogP contribution in [0.15, 0.2) is 0 Å². The third-order valence-electron chi connectivity index (χ3n) is 2.35. The maximum atomic E-state index is 5.32. The Labute approximate surface area is 49.5 Å². The Morgan fingerprint density at radius 3 is 2.88 bits per heavy atom. The molecular weight excluding hydrogens is 98.1 g/mol. The number of rotatable bonds is 0. The van der Waals surface area contributed by atoms with Gasteiger partial charge >= 0.3 is 0 Å². The van der Waals surface area contributed by atoms with Crippen LogP contribution in [0.3, 0.4) is 0 Å². The molecule has 0 aromatic heterocycles. The van der Waals surface area contributed by atoms with Crippen molar-refractivity contribution in [3.05, 3.63) is 0 Å². The molecule has 0 radical (unpaired) electrons. The van der Waals surface area contributed by atoms with Crippen molar-refractivity contribution >= 4 is 0 Å². The van der Waals surface area contributed by atoms with E-state index in [1.165, 1.54) is 6.42 Å². The molecule has 2 rings (SSSR count). The first-order valence-corrected chi connectivity index (χ1v) is 3.06. The molecule has 0 amide bonds. The molecule has 2 aliphatic rings. The van der Waals surface area contributed by atoms with Gasteiger partial charge in [-0.15, -0.1) is 6.42 Å². The van der Waals surface area contributed by atoms with Gasteiger partial charge in [-0.3, -0.25) is 0 Å². The molecule has 2 unspecified atom stereocenters. The van der Waals surface area contributed by atoms with E-state index in [0.717, 1.165) is 19.0 Å².